The molecule has 0 amide bonds. The van der Waals surface area contributed by atoms with E-state index in [1.54, 1.807) is 36.4 Å². The molecule has 4 heteroatoms. The van der Waals surface area contributed by atoms with Gasteiger partial charge in [0.15, 0.2) is 11.6 Å². The number of carbonyl (C=O) groups is 2. The van der Waals surface area contributed by atoms with Crippen molar-refractivity contribution in [1.29, 1.82) is 0 Å². The number of hydrogen-bond acceptors (Lipinski definition) is 3. The van der Waals surface area contributed by atoms with E-state index in [1.165, 1.54) is 0 Å². The number of para-hydroxylation sites is 1. The lowest BCUT2D eigenvalue weighted by Crippen LogP contribution is -2.22. The van der Waals surface area contributed by atoms with Crippen LogP contribution in [-0.4, -0.2) is 11.6 Å². The smallest absolute Gasteiger partial charge is 0.196 e. The number of carbonyl (C=O) groups excluding carboxylic acids is 2. The molecule has 0 heterocycles. The van der Waals surface area contributed by atoms with Gasteiger partial charge in [-0.25, -0.2) is 0 Å². The number of halogens is 1. The first-order valence-corrected chi connectivity index (χ1v) is 7.87. The van der Waals surface area contributed by atoms with E-state index in [4.69, 9.17) is 11.6 Å². The van der Waals surface area contributed by atoms with Crippen LogP contribution in [0.1, 0.15) is 31.8 Å². The summed E-state index contributed by atoms with van der Waals surface area (Å²) in [7, 11) is 0. The van der Waals surface area contributed by atoms with Gasteiger partial charge in [-0.1, -0.05) is 54.1 Å². The minimum absolute atomic E-state index is 0.159. The molecule has 24 heavy (non-hydrogen) atoms. The zero-order chi connectivity index (χ0) is 16.7. The van der Waals surface area contributed by atoms with E-state index in [2.05, 4.69) is 5.32 Å². The van der Waals surface area contributed by atoms with Gasteiger partial charge in [0.05, 0.1) is 16.3 Å². The number of fused-ring (bicyclic) bond motifs is 2. The molecule has 0 aromatic heterocycles. The summed E-state index contributed by atoms with van der Waals surface area (Å²) in [6, 6.07) is 19.5. The normalized spacial score (nSPS) is 12.5. The van der Waals surface area contributed by atoms with Crippen LogP contribution in [0, 0.1) is 0 Å². The summed E-state index contributed by atoms with van der Waals surface area (Å²) in [5, 5.41) is 3.58. The van der Waals surface area contributed by atoms with Gasteiger partial charge in [-0.15, -0.1) is 0 Å². The molecule has 0 fully saturated rings. The predicted octanol–water partition coefficient (Wildman–Crippen LogP) is 4.86. The van der Waals surface area contributed by atoms with Crippen LogP contribution in [0.4, 0.5) is 11.4 Å². The Labute approximate surface area is 143 Å². The van der Waals surface area contributed by atoms with Crippen molar-refractivity contribution in [3.8, 4) is 0 Å². The molecule has 3 aromatic rings. The lowest BCUT2D eigenvalue weighted by molar-refractivity contribution is 0.0979. The highest BCUT2D eigenvalue weighted by Crippen LogP contribution is 2.37. The van der Waals surface area contributed by atoms with E-state index in [1.807, 2.05) is 30.3 Å². The van der Waals surface area contributed by atoms with Crippen LogP contribution in [0.5, 0.6) is 0 Å². The van der Waals surface area contributed by atoms with Gasteiger partial charge in [-0.2, -0.15) is 0 Å². The second-order valence-electron chi connectivity index (χ2n) is 5.54. The Hall–Kier alpha value is -2.91. The zero-order valence-electron chi connectivity index (χ0n) is 12.5. The summed E-state index contributed by atoms with van der Waals surface area (Å²) in [4.78, 5) is 25.7. The number of ketones is 2. The second-order valence-corrected chi connectivity index (χ2v) is 5.95. The minimum Gasteiger partial charge on any atom is -0.354 e. The summed E-state index contributed by atoms with van der Waals surface area (Å²) in [5.74, 6) is -0.353. The molecule has 1 aliphatic rings. The summed E-state index contributed by atoms with van der Waals surface area (Å²) in [6.07, 6.45) is 0. The van der Waals surface area contributed by atoms with Crippen LogP contribution in [0.25, 0.3) is 0 Å². The third-order valence-electron chi connectivity index (χ3n) is 4.09. The Morgan fingerprint density at radius 2 is 1.29 bits per heavy atom. The van der Waals surface area contributed by atoms with Gasteiger partial charge in [0.2, 0.25) is 0 Å². The Balaban J connectivity index is 1.92. The van der Waals surface area contributed by atoms with Crippen molar-refractivity contribution in [2.45, 2.75) is 0 Å². The van der Waals surface area contributed by atoms with Crippen molar-refractivity contribution in [3.05, 3.63) is 94.0 Å². The highest BCUT2D eigenvalue weighted by molar-refractivity contribution is 6.37. The first-order valence-electron chi connectivity index (χ1n) is 7.50. The third kappa shape index (κ3) is 2.22. The first-order chi connectivity index (χ1) is 11.7. The van der Waals surface area contributed by atoms with Crippen LogP contribution in [0.3, 0.4) is 0 Å². The van der Waals surface area contributed by atoms with Crippen molar-refractivity contribution in [3.63, 3.8) is 0 Å². The first kappa shape index (κ1) is 14.7. The number of benzene rings is 3. The minimum atomic E-state index is -0.193. The van der Waals surface area contributed by atoms with Gasteiger partial charge in [0.1, 0.15) is 0 Å². The van der Waals surface area contributed by atoms with E-state index < -0.39 is 0 Å². The molecule has 0 saturated carbocycles. The lowest BCUT2D eigenvalue weighted by Gasteiger charge is -2.21. The Kier molecular flexibility index (Phi) is 3.44. The van der Waals surface area contributed by atoms with E-state index in [0.29, 0.717) is 33.0 Å². The predicted molar refractivity (Wildman–Crippen MR) is 94.5 cm³/mol. The molecule has 0 spiro atoms. The van der Waals surface area contributed by atoms with Gasteiger partial charge in [0, 0.05) is 22.4 Å². The number of anilines is 2. The molecular weight excluding hydrogens is 322 g/mol. The average molecular weight is 334 g/mol. The molecule has 0 saturated heterocycles. The Bertz CT molecular complexity index is 980. The van der Waals surface area contributed by atoms with Crippen LogP contribution in [0.15, 0.2) is 66.7 Å². The molecule has 3 aromatic carbocycles. The quantitative estimate of drug-likeness (QED) is 0.570. The maximum absolute atomic E-state index is 13.0. The van der Waals surface area contributed by atoms with Gasteiger partial charge in [-0.3, -0.25) is 9.59 Å². The van der Waals surface area contributed by atoms with E-state index in [0.717, 1.165) is 5.69 Å². The van der Waals surface area contributed by atoms with E-state index >= 15 is 0 Å². The summed E-state index contributed by atoms with van der Waals surface area (Å²) >= 11 is 6.33. The Morgan fingerprint density at radius 1 is 0.667 bits per heavy atom. The fourth-order valence-electron chi connectivity index (χ4n) is 2.95. The molecule has 0 unspecified atom stereocenters. The van der Waals surface area contributed by atoms with Crippen LogP contribution >= 0.6 is 11.6 Å². The highest BCUT2D eigenvalue weighted by Gasteiger charge is 2.32. The molecule has 0 radical (unpaired) electrons. The molecule has 0 atom stereocenters. The monoisotopic (exact) mass is 333 g/mol. The fourth-order valence-corrected chi connectivity index (χ4v) is 3.15. The van der Waals surface area contributed by atoms with Gasteiger partial charge >= 0.3 is 0 Å². The second kappa shape index (κ2) is 5.62. The summed E-state index contributed by atoms with van der Waals surface area (Å²) in [5.41, 5.74) is 2.81. The number of rotatable bonds is 2. The van der Waals surface area contributed by atoms with Gasteiger partial charge < -0.3 is 5.32 Å². The number of hydrogen-bond donors (Lipinski definition) is 1. The molecule has 0 bridgehead atoms. The van der Waals surface area contributed by atoms with Crippen LogP contribution in [-0.2, 0) is 0 Å². The average Bonchev–Trinajstić information content (AvgIpc) is 2.62. The number of nitrogens with one attached hydrogen (secondary N) is 1. The van der Waals surface area contributed by atoms with Crippen LogP contribution < -0.4 is 5.32 Å². The molecule has 116 valence electrons. The van der Waals surface area contributed by atoms with E-state index in [9.17, 15) is 9.59 Å². The molecular formula is C20H12ClNO2. The maximum Gasteiger partial charge on any atom is 0.196 e. The van der Waals surface area contributed by atoms with Crippen molar-refractivity contribution < 1.29 is 9.59 Å². The van der Waals surface area contributed by atoms with Gasteiger partial charge in [0.25, 0.3) is 0 Å². The SMILES string of the molecule is O=C1c2ccccc2C(=O)c2c1ccc(Cl)c2Nc1ccccc1. The zero-order valence-corrected chi connectivity index (χ0v) is 13.3. The van der Waals surface area contributed by atoms with E-state index in [-0.39, 0.29) is 11.6 Å². The van der Waals surface area contributed by atoms with Crippen molar-refractivity contribution in [2.24, 2.45) is 0 Å². The summed E-state index contributed by atoms with van der Waals surface area (Å²) in [6.45, 7) is 0. The largest absolute Gasteiger partial charge is 0.354 e. The van der Waals surface area contributed by atoms with Crippen molar-refractivity contribution in [1.82, 2.24) is 0 Å². The highest BCUT2D eigenvalue weighted by atomic mass is 35.5. The summed E-state index contributed by atoms with van der Waals surface area (Å²) < 4.78 is 0. The Morgan fingerprint density at radius 3 is 2.00 bits per heavy atom. The molecule has 4 rings (SSSR count). The van der Waals surface area contributed by atoms with Crippen molar-refractivity contribution in [2.75, 3.05) is 5.32 Å². The van der Waals surface area contributed by atoms with Crippen LogP contribution in [0.2, 0.25) is 5.02 Å². The lowest BCUT2D eigenvalue weighted by atomic mass is 9.83. The topological polar surface area (TPSA) is 46.2 Å². The molecule has 1 aliphatic carbocycles. The fraction of sp³-hybridized carbons (Fsp3) is 0. The molecule has 3 nitrogen and oxygen atoms in total. The molecule has 1 N–H and O–H groups in total. The standard InChI is InChI=1S/C20H12ClNO2/c21-16-11-10-15-17(18(16)22-12-6-2-1-3-7-12)20(24)14-9-5-4-8-13(14)19(15)23/h1-11,22H. The molecule has 0 aliphatic heterocycles. The van der Waals surface area contributed by atoms with Gasteiger partial charge in [-0.05, 0) is 24.3 Å². The maximum atomic E-state index is 13.0. The van der Waals surface area contributed by atoms with Crippen molar-refractivity contribution >= 4 is 34.5 Å². The third-order valence-corrected chi connectivity index (χ3v) is 4.40.